The van der Waals surface area contributed by atoms with E-state index in [2.05, 4.69) is 6.58 Å². The minimum Gasteiger partial charge on any atom is -0.379 e. The molecule has 108 valence electrons. The molecule has 0 unspecified atom stereocenters. The standard InChI is InChI=1S/C13H16N2O4S/c1-10(13(14)16)11-2-4-12(5-3-11)20(17,18)15-6-8-19-9-7-15/h2-5H,1,6-9H2,(H2,14,16). The van der Waals surface area contributed by atoms with Gasteiger partial charge >= 0.3 is 0 Å². The van der Waals surface area contributed by atoms with Gasteiger partial charge in [-0.3, -0.25) is 4.79 Å². The van der Waals surface area contributed by atoms with Crippen molar-refractivity contribution in [2.75, 3.05) is 26.3 Å². The van der Waals surface area contributed by atoms with E-state index in [4.69, 9.17) is 10.5 Å². The molecule has 1 saturated heterocycles. The van der Waals surface area contributed by atoms with Crippen molar-refractivity contribution in [2.45, 2.75) is 4.90 Å². The Morgan fingerprint density at radius 1 is 1.20 bits per heavy atom. The third-order valence-corrected chi connectivity index (χ3v) is 5.02. The molecule has 2 N–H and O–H groups in total. The van der Waals surface area contributed by atoms with Crippen LogP contribution in [-0.2, 0) is 19.6 Å². The molecule has 1 fully saturated rings. The Kier molecular flexibility index (Phi) is 4.22. The molecule has 0 aliphatic carbocycles. The van der Waals surface area contributed by atoms with Crippen LogP contribution in [0.3, 0.4) is 0 Å². The largest absolute Gasteiger partial charge is 0.379 e. The molecule has 1 aliphatic rings. The summed E-state index contributed by atoms with van der Waals surface area (Å²) in [5.74, 6) is -0.631. The summed E-state index contributed by atoms with van der Waals surface area (Å²) in [5, 5.41) is 0. The average Bonchev–Trinajstić information content (AvgIpc) is 2.47. The van der Waals surface area contributed by atoms with Crippen LogP contribution in [-0.4, -0.2) is 44.9 Å². The normalized spacial score (nSPS) is 16.8. The SMILES string of the molecule is C=C(C(N)=O)c1ccc(S(=O)(=O)N2CCOCC2)cc1. The first-order chi connectivity index (χ1) is 9.43. The molecule has 1 aromatic rings. The van der Waals surface area contributed by atoms with Gasteiger partial charge in [-0.05, 0) is 17.7 Å². The lowest BCUT2D eigenvalue weighted by atomic mass is 10.1. The highest BCUT2D eigenvalue weighted by atomic mass is 32.2. The van der Waals surface area contributed by atoms with Crippen LogP contribution >= 0.6 is 0 Å². The van der Waals surface area contributed by atoms with Crippen molar-refractivity contribution >= 4 is 21.5 Å². The van der Waals surface area contributed by atoms with Crippen molar-refractivity contribution in [2.24, 2.45) is 5.73 Å². The first-order valence-corrected chi connectivity index (χ1v) is 7.54. The van der Waals surface area contributed by atoms with E-state index >= 15 is 0 Å². The quantitative estimate of drug-likeness (QED) is 0.804. The summed E-state index contributed by atoms with van der Waals surface area (Å²) < 4.78 is 31.2. The number of carbonyl (C=O) groups excluding carboxylic acids is 1. The molecule has 1 aliphatic heterocycles. The first kappa shape index (κ1) is 14.7. The highest BCUT2D eigenvalue weighted by molar-refractivity contribution is 7.89. The number of amides is 1. The third kappa shape index (κ3) is 2.90. The summed E-state index contributed by atoms with van der Waals surface area (Å²) in [6.45, 7) is 5.04. The molecule has 2 rings (SSSR count). The molecule has 0 atom stereocenters. The summed E-state index contributed by atoms with van der Waals surface area (Å²) >= 11 is 0. The second kappa shape index (κ2) is 5.74. The summed E-state index contributed by atoms with van der Waals surface area (Å²) in [6, 6.07) is 5.96. The van der Waals surface area contributed by atoms with E-state index < -0.39 is 15.9 Å². The number of primary amides is 1. The fourth-order valence-corrected chi connectivity index (χ4v) is 3.31. The molecule has 0 saturated carbocycles. The Balaban J connectivity index is 2.25. The van der Waals surface area contributed by atoms with E-state index in [0.29, 0.717) is 31.9 Å². The Bertz CT molecular complexity index is 616. The zero-order valence-electron chi connectivity index (χ0n) is 10.9. The zero-order valence-corrected chi connectivity index (χ0v) is 11.7. The average molecular weight is 296 g/mol. The molecule has 1 heterocycles. The van der Waals surface area contributed by atoms with Gasteiger partial charge < -0.3 is 10.5 Å². The van der Waals surface area contributed by atoms with Crippen molar-refractivity contribution < 1.29 is 17.9 Å². The number of ether oxygens (including phenoxy) is 1. The van der Waals surface area contributed by atoms with Crippen LogP contribution in [0.1, 0.15) is 5.56 Å². The van der Waals surface area contributed by atoms with Crippen LogP contribution in [0, 0.1) is 0 Å². The molecule has 20 heavy (non-hydrogen) atoms. The molecule has 1 amide bonds. The van der Waals surface area contributed by atoms with Crippen molar-refractivity contribution in [3.05, 3.63) is 36.4 Å². The monoisotopic (exact) mass is 296 g/mol. The van der Waals surface area contributed by atoms with Crippen molar-refractivity contribution in [1.82, 2.24) is 4.31 Å². The maximum atomic E-state index is 12.4. The predicted octanol–water partition coefficient (Wildman–Crippen LogP) is 0.206. The van der Waals surface area contributed by atoms with Gasteiger partial charge in [0.2, 0.25) is 15.9 Å². The summed E-state index contributed by atoms with van der Waals surface area (Å²) in [5.41, 5.74) is 5.80. The molecule has 0 bridgehead atoms. The number of hydrogen-bond acceptors (Lipinski definition) is 4. The first-order valence-electron chi connectivity index (χ1n) is 6.10. The van der Waals surface area contributed by atoms with Gasteiger partial charge in [-0.1, -0.05) is 18.7 Å². The maximum Gasteiger partial charge on any atom is 0.248 e. The zero-order chi connectivity index (χ0) is 14.8. The Hall–Kier alpha value is -1.70. The van der Waals surface area contributed by atoms with Crippen LogP contribution in [0.5, 0.6) is 0 Å². The van der Waals surface area contributed by atoms with E-state index in [1.54, 1.807) is 0 Å². The summed E-state index contributed by atoms with van der Waals surface area (Å²) in [4.78, 5) is 11.2. The van der Waals surface area contributed by atoms with Crippen LogP contribution in [0.2, 0.25) is 0 Å². The van der Waals surface area contributed by atoms with Crippen molar-refractivity contribution in [3.8, 4) is 0 Å². The lowest BCUT2D eigenvalue weighted by molar-refractivity contribution is -0.112. The molecule has 1 aromatic carbocycles. The minimum atomic E-state index is -3.52. The van der Waals surface area contributed by atoms with E-state index in [1.807, 2.05) is 0 Å². The van der Waals surface area contributed by atoms with E-state index in [-0.39, 0.29) is 10.5 Å². The van der Waals surface area contributed by atoms with Crippen LogP contribution in [0.25, 0.3) is 5.57 Å². The topological polar surface area (TPSA) is 89.7 Å². The minimum absolute atomic E-state index is 0.153. The van der Waals surface area contributed by atoms with E-state index in [0.717, 1.165) is 0 Å². The lowest BCUT2D eigenvalue weighted by Gasteiger charge is -2.26. The van der Waals surface area contributed by atoms with Gasteiger partial charge in [0, 0.05) is 18.7 Å². The van der Waals surface area contributed by atoms with Gasteiger partial charge in [-0.15, -0.1) is 0 Å². The number of sulfonamides is 1. The molecule has 6 nitrogen and oxygen atoms in total. The van der Waals surface area contributed by atoms with Crippen molar-refractivity contribution in [1.29, 1.82) is 0 Å². The highest BCUT2D eigenvalue weighted by Gasteiger charge is 2.26. The Morgan fingerprint density at radius 3 is 2.25 bits per heavy atom. The van der Waals surface area contributed by atoms with Gasteiger partial charge in [-0.2, -0.15) is 4.31 Å². The number of nitrogens with zero attached hydrogens (tertiary/aromatic N) is 1. The second-order valence-corrected chi connectivity index (χ2v) is 6.32. The molecule has 0 aromatic heterocycles. The van der Waals surface area contributed by atoms with E-state index in [9.17, 15) is 13.2 Å². The van der Waals surface area contributed by atoms with Crippen molar-refractivity contribution in [3.63, 3.8) is 0 Å². The van der Waals surface area contributed by atoms with Crippen LogP contribution < -0.4 is 5.73 Å². The Morgan fingerprint density at radius 2 is 1.75 bits per heavy atom. The van der Waals surface area contributed by atoms with Gasteiger partial charge in [0.05, 0.1) is 18.1 Å². The van der Waals surface area contributed by atoms with Gasteiger partial charge in [0.25, 0.3) is 0 Å². The van der Waals surface area contributed by atoms with Gasteiger partial charge in [0.1, 0.15) is 0 Å². The van der Waals surface area contributed by atoms with Crippen LogP contribution in [0.4, 0.5) is 0 Å². The molecular weight excluding hydrogens is 280 g/mol. The number of benzene rings is 1. The number of rotatable bonds is 4. The fourth-order valence-electron chi connectivity index (χ4n) is 1.91. The summed E-state index contributed by atoms with van der Waals surface area (Å²) in [6.07, 6.45) is 0. The second-order valence-electron chi connectivity index (χ2n) is 4.38. The Labute approximate surface area is 117 Å². The fraction of sp³-hybridized carbons (Fsp3) is 0.308. The molecular formula is C13H16N2O4S. The maximum absolute atomic E-state index is 12.4. The third-order valence-electron chi connectivity index (χ3n) is 3.11. The molecule has 0 radical (unpaired) electrons. The van der Waals surface area contributed by atoms with Gasteiger partial charge in [0.15, 0.2) is 0 Å². The molecule has 0 spiro atoms. The number of carbonyl (C=O) groups is 1. The summed E-state index contributed by atoms with van der Waals surface area (Å²) in [7, 11) is -3.52. The molecule has 7 heteroatoms. The van der Waals surface area contributed by atoms with Crippen LogP contribution in [0.15, 0.2) is 35.7 Å². The number of morpholine rings is 1. The smallest absolute Gasteiger partial charge is 0.248 e. The lowest BCUT2D eigenvalue weighted by Crippen LogP contribution is -2.40. The highest BCUT2D eigenvalue weighted by Crippen LogP contribution is 2.20. The number of nitrogens with two attached hydrogens (primary N) is 1. The number of hydrogen-bond donors (Lipinski definition) is 1. The predicted molar refractivity (Wildman–Crippen MR) is 74.2 cm³/mol. The van der Waals surface area contributed by atoms with Gasteiger partial charge in [-0.25, -0.2) is 8.42 Å². The van der Waals surface area contributed by atoms with E-state index in [1.165, 1.54) is 28.6 Å².